The fourth-order valence-electron chi connectivity index (χ4n) is 1.28. The van der Waals surface area contributed by atoms with Crippen molar-refractivity contribution >= 4 is 11.9 Å². The van der Waals surface area contributed by atoms with E-state index in [1.54, 1.807) is 24.5 Å². The minimum absolute atomic E-state index is 0.0306. The van der Waals surface area contributed by atoms with Crippen LogP contribution in [0.2, 0.25) is 0 Å². The van der Waals surface area contributed by atoms with Crippen LogP contribution >= 0.6 is 0 Å². The Labute approximate surface area is 101 Å². The molecule has 2 rings (SSSR count). The van der Waals surface area contributed by atoms with Crippen LogP contribution < -0.4 is 5.32 Å². The number of aromatic nitrogens is 2. The van der Waals surface area contributed by atoms with Crippen molar-refractivity contribution in [2.45, 2.75) is 0 Å². The average molecular weight is 247 g/mol. The van der Waals surface area contributed by atoms with Crippen molar-refractivity contribution < 1.29 is 19.2 Å². The Morgan fingerprint density at radius 3 is 2.72 bits per heavy atom. The average Bonchev–Trinajstić information content (AvgIpc) is 2.86. The maximum absolute atomic E-state index is 11.5. The Balaban J connectivity index is 2.11. The second kappa shape index (κ2) is 5.09. The maximum atomic E-state index is 11.5. The number of pyridine rings is 1. The lowest BCUT2D eigenvalue weighted by Crippen LogP contribution is -2.29. The van der Waals surface area contributed by atoms with Gasteiger partial charge in [0.1, 0.15) is 6.54 Å². The molecule has 2 N–H and O–H groups in total. The van der Waals surface area contributed by atoms with E-state index >= 15 is 0 Å². The molecule has 0 aliphatic carbocycles. The highest BCUT2D eigenvalue weighted by atomic mass is 16.5. The number of hydrogen-bond donors (Lipinski definition) is 2. The van der Waals surface area contributed by atoms with Crippen molar-refractivity contribution in [1.82, 2.24) is 15.5 Å². The zero-order valence-electron chi connectivity index (χ0n) is 9.16. The zero-order chi connectivity index (χ0) is 13.0. The van der Waals surface area contributed by atoms with Gasteiger partial charge in [-0.1, -0.05) is 5.16 Å². The molecule has 0 unspecified atom stereocenters. The number of rotatable bonds is 4. The number of carbonyl (C=O) groups excluding carboxylic acids is 1. The van der Waals surface area contributed by atoms with E-state index in [2.05, 4.69) is 15.5 Å². The summed E-state index contributed by atoms with van der Waals surface area (Å²) in [4.78, 5) is 25.6. The van der Waals surface area contributed by atoms with Gasteiger partial charge in [-0.25, -0.2) is 0 Å². The SMILES string of the molecule is O=C(O)CNC(=O)c1cc(-c2ccncc2)on1. The molecule has 7 heteroatoms. The van der Waals surface area contributed by atoms with Gasteiger partial charge in [0.15, 0.2) is 11.5 Å². The van der Waals surface area contributed by atoms with Crippen molar-refractivity contribution in [3.8, 4) is 11.3 Å². The molecular weight excluding hydrogens is 238 g/mol. The van der Waals surface area contributed by atoms with Gasteiger partial charge >= 0.3 is 5.97 Å². The molecule has 0 aliphatic heterocycles. The molecule has 0 spiro atoms. The number of carbonyl (C=O) groups is 2. The first kappa shape index (κ1) is 11.8. The van der Waals surface area contributed by atoms with Gasteiger partial charge in [0.2, 0.25) is 0 Å². The summed E-state index contributed by atoms with van der Waals surface area (Å²) in [6.07, 6.45) is 3.17. The monoisotopic (exact) mass is 247 g/mol. The predicted molar refractivity (Wildman–Crippen MR) is 59.7 cm³/mol. The molecule has 7 nitrogen and oxygen atoms in total. The topological polar surface area (TPSA) is 105 Å². The number of aliphatic carboxylic acids is 1. The number of carboxylic acids is 1. The normalized spacial score (nSPS) is 10.0. The van der Waals surface area contributed by atoms with Crippen molar-refractivity contribution in [2.24, 2.45) is 0 Å². The first-order valence-corrected chi connectivity index (χ1v) is 5.04. The molecule has 0 aromatic carbocycles. The van der Waals surface area contributed by atoms with Gasteiger partial charge < -0.3 is 14.9 Å². The predicted octanol–water partition coefficient (Wildman–Crippen LogP) is 0.551. The fraction of sp³-hybridized carbons (Fsp3) is 0.0909. The van der Waals surface area contributed by atoms with E-state index in [-0.39, 0.29) is 5.69 Å². The van der Waals surface area contributed by atoms with Crippen molar-refractivity contribution in [3.05, 3.63) is 36.3 Å². The lowest BCUT2D eigenvalue weighted by atomic mass is 10.2. The van der Waals surface area contributed by atoms with Crippen LogP contribution in [0, 0.1) is 0 Å². The molecule has 18 heavy (non-hydrogen) atoms. The van der Waals surface area contributed by atoms with E-state index in [1.807, 2.05) is 0 Å². The first-order valence-electron chi connectivity index (χ1n) is 5.04. The third-order valence-electron chi connectivity index (χ3n) is 2.11. The summed E-state index contributed by atoms with van der Waals surface area (Å²) >= 11 is 0. The molecule has 0 bridgehead atoms. The van der Waals surface area contributed by atoms with Crippen molar-refractivity contribution in [1.29, 1.82) is 0 Å². The lowest BCUT2D eigenvalue weighted by Gasteiger charge is -1.96. The minimum Gasteiger partial charge on any atom is -0.480 e. The van der Waals surface area contributed by atoms with Crippen LogP contribution in [0.3, 0.4) is 0 Å². The van der Waals surface area contributed by atoms with E-state index in [1.165, 1.54) is 6.07 Å². The molecular formula is C11H9N3O4. The van der Waals surface area contributed by atoms with Gasteiger partial charge in [-0.15, -0.1) is 0 Å². The van der Waals surface area contributed by atoms with E-state index < -0.39 is 18.4 Å². The van der Waals surface area contributed by atoms with Gasteiger partial charge in [-0.3, -0.25) is 14.6 Å². The van der Waals surface area contributed by atoms with Crippen LogP contribution in [0.5, 0.6) is 0 Å². The maximum Gasteiger partial charge on any atom is 0.322 e. The summed E-state index contributed by atoms with van der Waals surface area (Å²) < 4.78 is 4.99. The molecule has 0 radical (unpaired) electrons. The second-order valence-corrected chi connectivity index (χ2v) is 3.39. The molecule has 0 fully saturated rings. The van der Waals surface area contributed by atoms with Crippen molar-refractivity contribution in [2.75, 3.05) is 6.54 Å². The molecule has 0 saturated heterocycles. The standard InChI is InChI=1S/C11H9N3O4/c15-10(16)6-13-11(17)8-5-9(18-14-8)7-1-3-12-4-2-7/h1-5H,6H2,(H,13,17)(H,15,16). The number of nitrogens with one attached hydrogen (secondary N) is 1. The Kier molecular flexibility index (Phi) is 3.33. The van der Waals surface area contributed by atoms with Gasteiger partial charge in [0.25, 0.3) is 5.91 Å². The molecule has 1 amide bonds. The Morgan fingerprint density at radius 2 is 2.06 bits per heavy atom. The zero-order valence-corrected chi connectivity index (χ0v) is 9.16. The summed E-state index contributed by atoms with van der Waals surface area (Å²) in [5.74, 6) is -1.31. The van der Waals surface area contributed by atoms with Gasteiger partial charge in [-0.05, 0) is 12.1 Å². The van der Waals surface area contributed by atoms with Gasteiger partial charge in [0, 0.05) is 24.0 Å². The summed E-state index contributed by atoms with van der Waals surface area (Å²) in [6, 6.07) is 4.85. The highest BCUT2D eigenvalue weighted by Gasteiger charge is 2.14. The number of nitrogens with zero attached hydrogens (tertiary/aromatic N) is 2. The molecule has 2 heterocycles. The van der Waals surface area contributed by atoms with Crippen molar-refractivity contribution in [3.63, 3.8) is 0 Å². The molecule has 92 valence electrons. The van der Waals surface area contributed by atoms with Crippen LogP contribution in [0.4, 0.5) is 0 Å². The first-order chi connectivity index (χ1) is 8.66. The quantitative estimate of drug-likeness (QED) is 0.817. The third-order valence-corrected chi connectivity index (χ3v) is 2.11. The van der Waals surface area contributed by atoms with E-state index in [0.29, 0.717) is 5.76 Å². The van der Waals surface area contributed by atoms with Crippen LogP contribution in [-0.2, 0) is 4.79 Å². The van der Waals surface area contributed by atoms with Gasteiger partial charge in [-0.2, -0.15) is 0 Å². The summed E-state index contributed by atoms with van der Waals surface area (Å²) in [5, 5.41) is 14.2. The molecule has 2 aromatic heterocycles. The number of hydrogen-bond acceptors (Lipinski definition) is 5. The smallest absolute Gasteiger partial charge is 0.322 e. The highest BCUT2D eigenvalue weighted by Crippen LogP contribution is 2.18. The van der Waals surface area contributed by atoms with Crippen LogP contribution in [0.25, 0.3) is 11.3 Å². The third kappa shape index (κ3) is 2.70. The van der Waals surface area contributed by atoms with E-state index in [9.17, 15) is 9.59 Å². The number of carboxylic acid groups (broad SMARTS) is 1. The highest BCUT2D eigenvalue weighted by molar-refractivity contribution is 5.94. The molecule has 0 saturated carbocycles. The largest absolute Gasteiger partial charge is 0.480 e. The molecule has 0 aliphatic rings. The summed E-state index contributed by atoms with van der Waals surface area (Å²) in [6.45, 7) is -0.462. The van der Waals surface area contributed by atoms with Crippen LogP contribution in [-0.4, -0.2) is 33.7 Å². The summed E-state index contributed by atoms with van der Waals surface area (Å²) in [7, 11) is 0. The summed E-state index contributed by atoms with van der Waals surface area (Å²) in [5.41, 5.74) is 0.762. The number of amides is 1. The molecule has 0 atom stereocenters. The van der Waals surface area contributed by atoms with E-state index in [0.717, 1.165) is 5.56 Å². The Hall–Kier alpha value is -2.70. The van der Waals surface area contributed by atoms with Crippen LogP contribution in [0.15, 0.2) is 35.1 Å². The van der Waals surface area contributed by atoms with Crippen LogP contribution in [0.1, 0.15) is 10.5 Å². The minimum atomic E-state index is -1.12. The second-order valence-electron chi connectivity index (χ2n) is 3.39. The lowest BCUT2D eigenvalue weighted by molar-refractivity contribution is -0.135. The van der Waals surface area contributed by atoms with Gasteiger partial charge in [0.05, 0.1) is 0 Å². The van der Waals surface area contributed by atoms with E-state index in [4.69, 9.17) is 9.63 Å². The Morgan fingerprint density at radius 1 is 1.33 bits per heavy atom. The Bertz CT molecular complexity index is 565. The molecule has 2 aromatic rings. The fourth-order valence-corrected chi connectivity index (χ4v) is 1.28.